The van der Waals surface area contributed by atoms with Gasteiger partial charge in [0.05, 0.1) is 11.7 Å². The molecule has 0 amide bonds. The predicted molar refractivity (Wildman–Crippen MR) is 97.3 cm³/mol. The van der Waals surface area contributed by atoms with Crippen molar-refractivity contribution in [1.82, 2.24) is 19.9 Å². The topological polar surface area (TPSA) is 57.2 Å². The first-order valence-electron chi connectivity index (χ1n) is 8.47. The Morgan fingerprint density at radius 1 is 1.33 bits per heavy atom. The molecule has 2 aromatic rings. The Morgan fingerprint density at radius 2 is 2.17 bits per heavy atom. The van der Waals surface area contributed by atoms with Crippen molar-refractivity contribution in [3.63, 3.8) is 0 Å². The second kappa shape index (κ2) is 7.13. The number of aryl methyl sites for hydroxylation is 1. The van der Waals surface area contributed by atoms with Gasteiger partial charge in [-0.15, -0.1) is 0 Å². The fraction of sp³-hybridized carbons (Fsp3) is 0.500. The van der Waals surface area contributed by atoms with Crippen molar-refractivity contribution in [1.29, 1.82) is 0 Å². The number of nitrogens with zero attached hydrogens (tertiary/aromatic N) is 5. The highest BCUT2D eigenvalue weighted by atomic mass is 15.2. The third-order valence-corrected chi connectivity index (χ3v) is 4.51. The quantitative estimate of drug-likeness (QED) is 0.911. The average Bonchev–Trinajstić information content (AvgIpc) is 3.03. The van der Waals surface area contributed by atoms with E-state index in [1.807, 2.05) is 45.2 Å². The van der Waals surface area contributed by atoms with E-state index in [0.717, 1.165) is 42.7 Å². The fourth-order valence-corrected chi connectivity index (χ4v) is 3.33. The van der Waals surface area contributed by atoms with E-state index in [4.69, 9.17) is 4.98 Å². The van der Waals surface area contributed by atoms with E-state index < -0.39 is 0 Å². The minimum atomic E-state index is 0.343. The highest BCUT2D eigenvalue weighted by Crippen LogP contribution is 2.33. The lowest BCUT2D eigenvalue weighted by Crippen LogP contribution is -2.25. The molecular formula is C18H26N6. The molecule has 1 atom stereocenters. The molecule has 0 aliphatic carbocycles. The highest BCUT2D eigenvalue weighted by Gasteiger charge is 2.28. The van der Waals surface area contributed by atoms with E-state index in [-0.39, 0.29) is 0 Å². The molecule has 0 spiro atoms. The molecule has 1 aliphatic heterocycles. The zero-order valence-corrected chi connectivity index (χ0v) is 15.0. The van der Waals surface area contributed by atoms with E-state index in [2.05, 4.69) is 32.3 Å². The molecule has 1 N–H and O–H groups in total. The smallest absolute Gasteiger partial charge is 0.132 e. The summed E-state index contributed by atoms with van der Waals surface area (Å²) < 4.78 is 0. The van der Waals surface area contributed by atoms with Crippen LogP contribution in [0.5, 0.6) is 0 Å². The van der Waals surface area contributed by atoms with Gasteiger partial charge in [0.2, 0.25) is 0 Å². The standard InChI is InChI=1S/C18H26N6/c1-13-21-15(11-17(22-13)23(3)4)16-8-6-10-24(16)12-14-7-5-9-20-18(14)19-2/h5,7,9,11,16H,6,8,10,12H2,1-4H3,(H,19,20)/t16-/m1/s1. The first-order chi connectivity index (χ1) is 11.6. The van der Waals surface area contributed by atoms with Crippen LogP contribution in [0.2, 0.25) is 0 Å². The van der Waals surface area contributed by atoms with Crippen molar-refractivity contribution >= 4 is 11.6 Å². The number of nitrogens with one attached hydrogen (secondary N) is 1. The molecule has 3 heterocycles. The number of hydrogen-bond acceptors (Lipinski definition) is 6. The van der Waals surface area contributed by atoms with Gasteiger partial charge in [-0.25, -0.2) is 15.0 Å². The van der Waals surface area contributed by atoms with Crippen molar-refractivity contribution in [2.24, 2.45) is 0 Å². The monoisotopic (exact) mass is 326 g/mol. The average molecular weight is 326 g/mol. The summed E-state index contributed by atoms with van der Waals surface area (Å²) in [6, 6.07) is 6.61. The molecule has 0 unspecified atom stereocenters. The minimum absolute atomic E-state index is 0.343. The summed E-state index contributed by atoms with van der Waals surface area (Å²) in [5.74, 6) is 2.76. The van der Waals surface area contributed by atoms with Gasteiger partial charge < -0.3 is 10.2 Å². The van der Waals surface area contributed by atoms with E-state index in [1.165, 1.54) is 12.0 Å². The maximum Gasteiger partial charge on any atom is 0.132 e. The van der Waals surface area contributed by atoms with Crippen molar-refractivity contribution in [3.05, 3.63) is 41.5 Å². The van der Waals surface area contributed by atoms with Gasteiger partial charge in [-0.2, -0.15) is 0 Å². The van der Waals surface area contributed by atoms with E-state index in [1.54, 1.807) is 0 Å². The molecule has 3 rings (SSSR count). The molecule has 0 saturated carbocycles. The van der Waals surface area contributed by atoms with Gasteiger partial charge in [0.1, 0.15) is 17.5 Å². The maximum absolute atomic E-state index is 4.72. The van der Waals surface area contributed by atoms with E-state index in [0.29, 0.717) is 6.04 Å². The van der Waals surface area contributed by atoms with Crippen LogP contribution >= 0.6 is 0 Å². The molecule has 0 radical (unpaired) electrons. The Kier molecular flexibility index (Phi) is 4.94. The van der Waals surface area contributed by atoms with E-state index in [9.17, 15) is 0 Å². The molecule has 1 fully saturated rings. The number of pyridine rings is 1. The summed E-state index contributed by atoms with van der Waals surface area (Å²) in [6.07, 6.45) is 4.16. The van der Waals surface area contributed by atoms with Crippen LogP contribution in [0.25, 0.3) is 0 Å². The zero-order chi connectivity index (χ0) is 17.1. The lowest BCUT2D eigenvalue weighted by molar-refractivity contribution is 0.244. The van der Waals surface area contributed by atoms with Crippen LogP contribution in [-0.4, -0.2) is 47.5 Å². The van der Waals surface area contributed by atoms with Crippen LogP contribution in [0.1, 0.15) is 36.0 Å². The Morgan fingerprint density at radius 3 is 2.92 bits per heavy atom. The summed E-state index contributed by atoms with van der Waals surface area (Å²) in [6.45, 7) is 3.94. The maximum atomic E-state index is 4.72. The summed E-state index contributed by atoms with van der Waals surface area (Å²) in [5.41, 5.74) is 2.35. The molecule has 1 saturated heterocycles. The van der Waals surface area contributed by atoms with Gasteiger partial charge in [-0.3, -0.25) is 4.90 Å². The molecule has 128 valence electrons. The van der Waals surface area contributed by atoms with Gasteiger partial charge in [-0.05, 0) is 32.4 Å². The third kappa shape index (κ3) is 3.48. The number of aromatic nitrogens is 3. The lowest BCUT2D eigenvalue weighted by atomic mass is 10.1. The normalized spacial score (nSPS) is 17.9. The van der Waals surface area contributed by atoms with Gasteiger partial charge in [0.15, 0.2) is 0 Å². The third-order valence-electron chi connectivity index (χ3n) is 4.51. The zero-order valence-electron chi connectivity index (χ0n) is 15.0. The molecule has 6 nitrogen and oxygen atoms in total. The molecular weight excluding hydrogens is 300 g/mol. The molecule has 24 heavy (non-hydrogen) atoms. The summed E-state index contributed by atoms with van der Waals surface area (Å²) in [5, 5.41) is 3.19. The van der Waals surface area contributed by atoms with Crippen LogP contribution in [0.15, 0.2) is 24.4 Å². The molecule has 0 aromatic carbocycles. The number of likely N-dealkylation sites (tertiary alicyclic amines) is 1. The van der Waals surface area contributed by atoms with Crippen LogP contribution in [0, 0.1) is 6.92 Å². The van der Waals surface area contributed by atoms with Crippen molar-refractivity contribution in [3.8, 4) is 0 Å². The Labute approximate surface area is 143 Å². The molecule has 6 heteroatoms. The van der Waals surface area contributed by atoms with Crippen LogP contribution in [-0.2, 0) is 6.54 Å². The van der Waals surface area contributed by atoms with Crippen LogP contribution in [0.4, 0.5) is 11.6 Å². The Balaban J connectivity index is 1.86. The predicted octanol–water partition coefficient (Wildman–Crippen LogP) is 2.62. The van der Waals surface area contributed by atoms with E-state index >= 15 is 0 Å². The molecule has 2 aromatic heterocycles. The van der Waals surface area contributed by atoms with Crippen molar-refractivity contribution < 1.29 is 0 Å². The Bertz CT molecular complexity index is 700. The summed E-state index contributed by atoms with van der Waals surface area (Å²) >= 11 is 0. The number of rotatable bonds is 5. The number of anilines is 2. The first-order valence-corrected chi connectivity index (χ1v) is 8.47. The van der Waals surface area contributed by atoms with Crippen LogP contribution in [0.3, 0.4) is 0 Å². The SMILES string of the molecule is CNc1ncccc1CN1CCC[C@@H]1c1cc(N(C)C)nc(C)n1. The number of hydrogen-bond donors (Lipinski definition) is 1. The minimum Gasteiger partial charge on any atom is -0.373 e. The fourth-order valence-electron chi connectivity index (χ4n) is 3.33. The van der Waals surface area contributed by atoms with Gasteiger partial charge in [-0.1, -0.05) is 6.07 Å². The van der Waals surface area contributed by atoms with Gasteiger partial charge >= 0.3 is 0 Å². The summed E-state index contributed by atoms with van der Waals surface area (Å²) in [7, 11) is 5.96. The molecule has 1 aliphatic rings. The van der Waals surface area contributed by atoms with Crippen molar-refractivity contribution in [2.75, 3.05) is 37.9 Å². The van der Waals surface area contributed by atoms with Gasteiger partial charge in [0.25, 0.3) is 0 Å². The highest BCUT2D eigenvalue weighted by molar-refractivity contribution is 5.43. The van der Waals surface area contributed by atoms with Crippen LogP contribution < -0.4 is 10.2 Å². The van der Waals surface area contributed by atoms with Gasteiger partial charge in [0, 0.05) is 45.5 Å². The Hall–Kier alpha value is -2.21. The second-order valence-corrected chi connectivity index (χ2v) is 6.48. The molecule has 0 bridgehead atoms. The first kappa shape index (κ1) is 16.6. The lowest BCUT2D eigenvalue weighted by Gasteiger charge is -2.25. The summed E-state index contributed by atoms with van der Waals surface area (Å²) in [4.78, 5) is 18.2. The largest absolute Gasteiger partial charge is 0.373 e. The van der Waals surface area contributed by atoms with Crippen molar-refractivity contribution in [2.45, 2.75) is 32.4 Å². The second-order valence-electron chi connectivity index (χ2n) is 6.48.